The second kappa shape index (κ2) is 8.46. The summed E-state index contributed by atoms with van der Waals surface area (Å²) in [6.07, 6.45) is 3.61. The van der Waals surface area contributed by atoms with Gasteiger partial charge in [-0.25, -0.2) is 4.79 Å². The normalized spacial score (nSPS) is 26.5. The summed E-state index contributed by atoms with van der Waals surface area (Å²) in [6.45, 7) is 0.230. The van der Waals surface area contributed by atoms with Gasteiger partial charge in [-0.15, -0.1) is 0 Å². The first-order valence-corrected chi connectivity index (χ1v) is 10.9. The number of rotatable bonds is 5. The average Bonchev–Trinajstić information content (AvgIpc) is 3.16. The SMILES string of the molecule is O=C(NC1CCc2ccc(-c3ccc(OC(F)F)cc3)cc21)O[C@@H]1CN2CCC1CC2. The van der Waals surface area contributed by atoms with Crippen LogP contribution < -0.4 is 10.1 Å². The number of ether oxygens (including phenoxy) is 2. The third-order valence-corrected chi connectivity index (χ3v) is 6.78. The predicted molar refractivity (Wildman–Crippen MR) is 112 cm³/mol. The Labute approximate surface area is 180 Å². The van der Waals surface area contributed by atoms with E-state index in [2.05, 4.69) is 27.1 Å². The maximum atomic E-state index is 12.6. The van der Waals surface area contributed by atoms with Crippen molar-refractivity contribution in [1.29, 1.82) is 0 Å². The summed E-state index contributed by atoms with van der Waals surface area (Å²) in [5, 5.41) is 3.07. The van der Waals surface area contributed by atoms with Crippen molar-refractivity contribution in [2.45, 2.75) is 44.4 Å². The number of halogens is 2. The standard InChI is InChI=1S/C24H26F2N2O3/c25-23(26)30-19-6-3-15(4-7-19)18-2-1-16-5-8-21(20(16)13-18)27-24(29)31-22-14-28-11-9-17(22)10-12-28/h1-4,6-7,13,17,21-23H,5,8-12,14H2,(H,27,29)/t21?,22-/m1/s1. The highest BCUT2D eigenvalue weighted by molar-refractivity contribution is 5.70. The Hall–Kier alpha value is -2.67. The van der Waals surface area contributed by atoms with Crippen LogP contribution in [0, 0.1) is 5.92 Å². The summed E-state index contributed by atoms with van der Waals surface area (Å²) < 4.78 is 34.9. The number of hydrogen-bond donors (Lipinski definition) is 1. The highest BCUT2D eigenvalue weighted by Crippen LogP contribution is 2.35. The van der Waals surface area contributed by atoms with Gasteiger partial charge in [-0.2, -0.15) is 8.78 Å². The molecule has 5 nitrogen and oxygen atoms in total. The van der Waals surface area contributed by atoms with E-state index in [4.69, 9.17) is 4.74 Å². The lowest BCUT2D eigenvalue weighted by Crippen LogP contribution is -2.52. The Morgan fingerprint density at radius 3 is 2.45 bits per heavy atom. The molecular weight excluding hydrogens is 402 g/mol. The Kier molecular flexibility index (Phi) is 5.52. The monoisotopic (exact) mass is 428 g/mol. The number of nitrogens with one attached hydrogen (secondary N) is 1. The minimum Gasteiger partial charge on any atom is -0.445 e. The number of piperidine rings is 3. The van der Waals surface area contributed by atoms with E-state index in [1.165, 1.54) is 17.7 Å². The van der Waals surface area contributed by atoms with Gasteiger partial charge in [0.05, 0.1) is 6.04 Å². The summed E-state index contributed by atoms with van der Waals surface area (Å²) in [6, 6.07) is 12.7. The van der Waals surface area contributed by atoms with E-state index in [1.807, 2.05) is 6.07 Å². The summed E-state index contributed by atoms with van der Waals surface area (Å²) in [5.41, 5.74) is 4.19. The van der Waals surface area contributed by atoms with Gasteiger partial charge in [-0.05, 0) is 85.1 Å². The van der Waals surface area contributed by atoms with Crippen molar-refractivity contribution in [2.75, 3.05) is 19.6 Å². The number of amides is 1. The molecule has 2 atom stereocenters. The molecule has 164 valence electrons. The molecule has 7 heteroatoms. The van der Waals surface area contributed by atoms with Gasteiger partial charge in [0.15, 0.2) is 0 Å². The first-order valence-electron chi connectivity index (χ1n) is 10.9. The predicted octanol–water partition coefficient (Wildman–Crippen LogP) is 4.76. The maximum absolute atomic E-state index is 12.6. The highest BCUT2D eigenvalue weighted by atomic mass is 19.3. The molecule has 2 aromatic rings. The molecule has 3 saturated heterocycles. The number of nitrogens with zero attached hydrogens (tertiary/aromatic N) is 1. The summed E-state index contributed by atoms with van der Waals surface area (Å²) in [7, 11) is 0. The zero-order valence-electron chi connectivity index (χ0n) is 17.2. The highest BCUT2D eigenvalue weighted by Gasteiger charge is 2.37. The van der Waals surface area contributed by atoms with Gasteiger partial charge in [-0.1, -0.05) is 24.3 Å². The van der Waals surface area contributed by atoms with Crippen LogP contribution in [-0.2, 0) is 11.2 Å². The topological polar surface area (TPSA) is 50.8 Å². The molecule has 31 heavy (non-hydrogen) atoms. The second-order valence-electron chi connectivity index (χ2n) is 8.63. The summed E-state index contributed by atoms with van der Waals surface area (Å²) in [4.78, 5) is 15.0. The van der Waals surface area contributed by atoms with Crippen LogP contribution in [0.15, 0.2) is 42.5 Å². The third kappa shape index (κ3) is 4.37. The molecule has 6 rings (SSSR count). The molecule has 0 radical (unpaired) electrons. The van der Waals surface area contributed by atoms with E-state index >= 15 is 0 Å². The lowest BCUT2D eigenvalue weighted by Gasteiger charge is -2.43. The van der Waals surface area contributed by atoms with E-state index in [-0.39, 0.29) is 24.0 Å². The number of hydrogen-bond acceptors (Lipinski definition) is 4. The second-order valence-corrected chi connectivity index (χ2v) is 8.63. The van der Waals surface area contributed by atoms with Crippen LogP contribution in [-0.4, -0.2) is 43.3 Å². The van der Waals surface area contributed by atoms with Crippen molar-refractivity contribution in [3.05, 3.63) is 53.6 Å². The molecule has 1 aliphatic carbocycles. The van der Waals surface area contributed by atoms with Gasteiger partial charge >= 0.3 is 12.7 Å². The fraction of sp³-hybridized carbons (Fsp3) is 0.458. The molecule has 0 aromatic heterocycles. The molecule has 1 unspecified atom stereocenters. The van der Waals surface area contributed by atoms with E-state index < -0.39 is 6.61 Å². The average molecular weight is 428 g/mol. The molecule has 4 aliphatic rings. The minimum atomic E-state index is -2.83. The summed E-state index contributed by atoms with van der Waals surface area (Å²) in [5.74, 6) is 0.616. The van der Waals surface area contributed by atoms with Crippen molar-refractivity contribution in [3.63, 3.8) is 0 Å². The van der Waals surface area contributed by atoms with E-state index in [0.717, 1.165) is 62.0 Å². The van der Waals surface area contributed by atoms with Crippen molar-refractivity contribution >= 4 is 6.09 Å². The molecule has 3 heterocycles. The van der Waals surface area contributed by atoms with Crippen LogP contribution in [0.3, 0.4) is 0 Å². The largest absolute Gasteiger partial charge is 0.445 e. The molecule has 2 aromatic carbocycles. The minimum absolute atomic E-state index is 0.0105. The smallest absolute Gasteiger partial charge is 0.407 e. The molecule has 0 spiro atoms. The van der Waals surface area contributed by atoms with Crippen LogP contribution in [0.4, 0.5) is 13.6 Å². The lowest BCUT2D eigenvalue weighted by molar-refractivity contribution is -0.0498. The zero-order valence-corrected chi connectivity index (χ0v) is 17.2. The number of carbonyl (C=O) groups excluding carboxylic acids is 1. The number of benzene rings is 2. The van der Waals surface area contributed by atoms with Gasteiger partial charge in [0.1, 0.15) is 11.9 Å². The zero-order chi connectivity index (χ0) is 21.4. The molecule has 3 fully saturated rings. The van der Waals surface area contributed by atoms with E-state index in [1.54, 1.807) is 12.1 Å². The Morgan fingerprint density at radius 1 is 1.03 bits per heavy atom. The first-order chi connectivity index (χ1) is 15.0. The number of carbonyl (C=O) groups is 1. The van der Waals surface area contributed by atoms with Crippen molar-refractivity contribution in [2.24, 2.45) is 5.92 Å². The molecule has 2 bridgehead atoms. The fourth-order valence-corrected chi connectivity index (χ4v) is 5.12. The third-order valence-electron chi connectivity index (χ3n) is 6.78. The van der Waals surface area contributed by atoms with Crippen molar-refractivity contribution in [3.8, 4) is 16.9 Å². The quantitative estimate of drug-likeness (QED) is 0.746. The maximum Gasteiger partial charge on any atom is 0.407 e. The first kappa shape index (κ1) is 20.2. The molecule has 0 saturated carbocycles. The number of aryl methyl sites for hydroxylation is 1. The van der Waals surface area contributed by atoms with Gasteiger partial charge in [-0.3, -0.25) is 4.90 Å². The fourth-order valence-electron chi connectivity index (χ4n) is 5.12. The van der Waals surface area contributed by atoms with Gasteiger partial charge in [0, 0.05) is 6.54 Å². The molecule has 3 aliphatic heterocycles. The van der Waals surface area contributed by atoms with Crippen molar-refractivity contribution in [1.82, 2.24) is 10.2 Å². The van der Waals surface area contributed by atoms with E-state index in [0.29, 0.717) is 5.92 Å². The summed E-state index contributed by atoms with van der Waals surface area (Å²) >= 11 is 0. The van der Waals surface area contributed by atoms with Gasteiger partial charge in [0.2, 0.25) is 0 Å². The number of alkyl halides is 2. The molecule has 1 amide bonds. The van der Waals surface area contributed by atoms with Crippen molar-refractivity contribution < 1.29 is 23.0 Å². The lowest BCUT2D eigenvalue weighted by atomic mass is 9.86. The van der Waals surface area contributed by atoms with Crippen LogP contribution in [0.5, 0.6) is 5.75 Å². The molecular formula is C24H26F2N2O3. The van der Waals surface area contributed by atoms with Crippen LogP contribution in [0.1, 0.15) is 36.4 Å². The van der Waals surface area contributed by atoms with Gasteiger partial charge < -0.3 is 14.8 Å². The van der Waals surface area contributed by atoms with Crippen LogP contribution >= 0.6 is 0 Å². The Balaban J connectivity index is 1.26. The Morgan fingerprint density at radius 2 is 1.77 bits per heavy atom. The van der Waals surface area contributed by atoms with Crippen LogP contribution in [0.2, 0.25) is 0 Å². The number of fused-ring (bicyclic) bond motifs is 4. The Bertz CT molecular complexity index is 942. The van der Waals surface area contributed by atoms with Crippen LogP contribution in [0.25, 0.3) is 11.1 Å². The van der Waals surface area contributed by atoms with E-state index in [9.17, 15) is 13.6 Å². The molecule has 1 N–H and O–H groups in total. The number of alkyl carbamates (subject to hydrolysis) is 1. The van der Waals surface area contributed by atoms with Gasteiger partial charge in [0.25, 0.3) is 0 Å².